The second-order valence-corrected chi connectivity index (χ2v) is 5.32. The molecule has 0 fully saturated rings. The fourth-order valence-electron chi connectivity index (χ4n) is 1.99. The molecule has 0 aliphatic heterocycles. The van der Waals surface area contributed by atoms with Crippen molar-refractivity contribution in [3.05, 3.63) is 58.0 Å². The summed E-state index contributed by atoms with van der Waals surface area (Å²) in [6, 6.07) is 10.5. The van der Waals surface area contributed by atoms with E-state index >= 15 is 0 Å². The number of benzene rings is 1. The summed E-state index contributed by atoms with van der Waals surface area (Å²) in [5.74, 6) is 1.01. The van der Waals surface area contributed by atoms with Gasteiger partial charge in [-0.15, -0.1) is 0 Å². The number of nitrogens with one attached hydrogen (secondary N) is 1. The third-order valence-corrected chi connectivity index (χ3v) is 3.49. The minimum absolute atomic E-state index is 0.132. The van der Waals surface area contributed by atoms with Crippen LogP contribution in [0.4, 0.5) is 0 Å². The molecule has 1 aromatic carbocycles. The Kier molecular flexibility index (Phi) is 4.61. The van der Waals surface area contributed by atoms with E-state index in [2.05, 4.69) is 59.4 Å². The maximum Gasteiger partial charge on any atom is 0.128 e. The lowest BCUT2D eigenvalue weighted by atomic mass is 10.0. The Bertz CT molecular complexity index is 489. The average molecular weight is 308 g/mol. The van der Waals surface area contributed by atoms with Crippen LogP contribution in [0.1, 0.15) is 36.3 Å². The van der Waals surface area contributed by atoms with Gasteiger partial charge in [-0.25, -0.2) is 0 Å². The maximum absolute atomic E-state index is 5.63. The van der Waals surface area contributed by atoms with E-state index in [-0.39, 0.29) is 6.04 Å². The van der Waals surface area contributed by atoms with Crippen molar-refractivity contribution in [2.75, 3.05) is 6.54 Å². The molecule has 0 saturated carbocycles. The molecule has 0 saturated heterocycles. The molecule has 3 heteroatoms. The van der Waals surface area contributed by atoms with E-state index in [1.54, 1.807) is 6.26 Å². The van der Waals surface area contributed by atoms with Crippen LogP contribution in [0, 0.1) is 6.92 Å². The second-order valence-electron chi connectivity index (χ2n) is 4.41. The van der Waals surface area contributed by atoms with Gasteiger partial charge in [-0.1, -0.05) is 35.0 Å². The van der Waals surface area contributed by atoms with Crippen LogP contribution in [0.3, 0.4) is 0 Å². The number of rotatable bonds is 5. The van der Waals surface area contributed by atoms with E-state index in [4.69, 9.17) is 4.42 Å². The molecular formula is C15H18BrNO. The van der Waals surface area contributed by atoms with Crippen LogP contribution in [0.5, 0.6) is 0 Å². The molecule has 1 atom stereocenters. The average Bonchev–Trinajstić information content (AvgIpc) is 2.78. The monoisotopic (exact) mass is 307 g/mol. The van der Waals surface area contributed by atoms with E-state index < -0.39 is 0 Å². The van der Waals surface area contributed by atoms with Crippen LogP contribution in [0.15, 0.2) is 45.5 Å². The second kappa shape index (κ2) is 6.21. The molecule has 1 unspecified atom stereocenters. The molecule has 96 valence electrons. The number of furan rings is 1. The largest absolute Gasteiger partial charge is 0.467 e. The maximum atomic E-state index is 5.63. The number of halogens is 1. The Morgan fingerprint density at radius 2 is 1.94 bits per heavy atom. The van der Waals surface area contributed by atoms with Crippen LogP contribution in [-0.4, -0.2) is 6.54 Å². The van der Waals surface area contributed by atoms with Gasteiger partial charge in [0.05, 0.1) is 12.3 Å². The quantitative estimate of drug-likeness (QED) is 0.883. The van der Waals surface area contributed by atoms with Gasteiger partial charge in [0.25, 0.3) is 0 Å². The van der Waals surface area contributed by atoms with E-state index in [0.717, 1.165) is 23.2 Å². The van der Waals surface area contributed by atoms with Crippen molar-refractivity contribution in [2.45, 2.75) is 26.3 Å². The third-order valence-electron chi connectivity index (χ3n) is 2.97. The Hall–Kier alpha value is -1.06. The summed E-state index contributed by atoms with van der Waals surface area (Å²) < 4.78 is 6.73. The first kappa shape index (κ1) is 13.4. The third kappa shape index (κ3) is 3.03. The van der Waals surface area contributed by atoms with Crippen LogP contribution >= 0.6 is 15.9 Å². The SMILES string of the molecule is CCCNC(c1ccc(Br)cc1)c1occc1C. The molecule has 0 amide bonds. The fraction of sp³-hybridized carbons (Fsp3) is 0.333. The molecule has 2 aromatic rings. The van der Waals surface area contributed by atoms with E-state index in [1.165, 1.54) is 11.1 Å². The molecule has 1 aromatic heterocycles. The Labute approximate surface area is 117 Å². The first-order valence-electron chi connectivity index (χ1n) is 6.25. The van der Waals surface area contributed by atoms with Gasteiger partial charge < -0.3 is 9.73 Å². The van der Waals surface area contributed by atoms with Gasteiger partial charge in [0.15, 0.2) is 0 Å². The zero-order valence-electron chi connectivity index (χ0n) is 10.7. The highest BCUT2D eigenvalue weighted by molar-refractivity contribution is 9.10. The topological polar surface area (TPSA) is 25.2 Å². The summed E-state index contributed by atoms with van der Waals surface area (Å²) in [7, 11) is 0. The minimum atomic E-state index is 0.132. The number of aryl methyl sites for hydroxylation is 1. The molecule has 0 bridgehead atoms. The van der Waals surface area contributed by atoms with Crippen molar-refractivity contribution in [3.8, 4) is 0 Å². The minimum Gasteiger partial charge on any atom is -0.467 e. The van der Waals surface area contributed by atoms with E-state index in [9.17, 15) is 0 Å². The molecule has 0 aliphatic rings. The first-order chi connectivity index (χ1) is 8.72. The van der Waals surface area contributed by atoms with Crippen molar-refractivity contribution < 1.29 is 4.42 Å². The Balaban J connectivity index is 2.30. The highest BCUT2D eigenvalue weighted by atomic mass is 79.9. The van der Waals surface area contributed by atoms with Crippen LogP contribution < -0.4 is 5.32 Å². The number of hydrogen-bond donors (Lipinski definition) is 1. The molecule has 1 N–H and O–H groups in total. The zero-order chi connectivity index (χ0) is 13.0. The Morgan fingerprint density at radius 3 is 2.50 bits per heavy atom. The molecule has 0 aliphatic carbocycles. The van der Waals surface area contributed by atoms with Crippen LogP contribution in [0.25, 0.3) is 0 Å². The first-order valence-corrected chi connectivity index (χ1v) is 7.04. The Morgan fingerprint density at radius 1 is 1.22 bits per heavy atom. The molecule has 0 spiro atoms. The molecule has 0 radical (unpaired) electrons. The summed E-state index contributed by atoms with van der Waals surface area (Å²) in [6.07, 6.45) is 2.86. The van der Waals surface area contributed by atoms with Crippen LogP contribution in [-0.2, 0) is 0 Å². The van der Waals surface area contributed by atoms with Crippen molar-refractivity contribution >= 4 is 15.9 Å². The van der Waals surface area contributed by atoms with Gasteiger partial charge >= 0.3 is 0 Å². The van der Waals surface area contributed by atoms with Gasteiger partial charge in [-0.2, -0.15) is 0 Å². The van der Waals surface area contributed by atoms with Crippen molar-refractivity contribution in [1.29, 1.82) is 0 Å². The lowest BCUT2D eigenvalue weighted by molar-refractivity contribution is 0.444. The van der Waals surface area contributed by atoms with Gasteiger partial charge in [0.2, 0.25) is 0 Å². The van der Waals surface area contributed by atoms with Gasteiger partial charge in [-0.3, -0.25) is 0 Å². The van der Waals surface area contributed by atoms with Crippen molar-refractivity contribution in [3.63, 3.8) is 0 Å². The van der Waals surface area contributed by atoms with Crippen molar-refractivity contribution in [1.82, 2.24) is 5.32 Å². The molecular weight excluding hydrogens is 290 g/mol. The zero-order valence-corrected chi connectivity index (χ0v) is 12.3. The lowest BCUT2D eigenvalue weighted by Crippen LogP contribution is -2.23. The van der Waals surface area contributed by atoms with Gasteiger partial charge in [0.1, 0.15) is 5.76 Å². The van der Waals surface area contributed by atoms with E-state index in [1.807, 2.05) is 6.07 Å². The summed E-state index contributed by atoms with van der Waals surface area (Å²) in [4.78, 5) is 0. The predicted molar refractivity (Wildman–Crippen MR) is 77.7 cm³/mol. The summed E-state index contributed by atoms with van der Waals surface area (Å²) >= 11 is 3.47. The smallest absolute Gasteiger partial charge is 0.128 e. The van der Waals surface area contributed by atoms with Gasteiger partial charge in [-0.05, 0) is 49.2 Å². The standard InChI is InChI=1S/C15H18BrNO/c1-3-9-17-14(15-11(2)8-10-18-15)12-4-6-13(16)7-5-12/h4-8,10,14,17H,3,9H2,1-2H3. The lowest BCUT2D eigenvalue weighted by Gasteiger charge is -2.18. The normalized spacial score (nSPS) is 12.6. The molecule has 18 heavy (non-hydrogen) atoms. The molecule has 1 heterocycles. The summed E-state index contributed by atoms with van der Waals surface area (Å²) in [5, 5.41) is 3.54. The van der Waals surface area contributed by atoms with Crippen LogP contribution in [0.2, 0.25) is 0 Å². The van der Waals surface area contributed by atoms with Gasteiger partial charge in [0, 0.05) is 4.47 Å². The van der Waals surface area contributed by atoms with E-state index in [0.29, 0.717) is 0 Å². The fourth-order valence-corrected chi connectivity index (χ4v) is 2.25. The number of hydrogen-bond acceptors (Lipinski definition) is 2. The summed E-state index contributed by atoms with van der Waals surface area (Å²) in [5.41, 5.74) is 2.41. The molecule has 2 rings (SSSR count). The van der Waals surface area contributed by atoms with Crippen molar-refractivity contribution in [2.24, 2.45) is 0 Å². The highest BCUT2D eigenvalue weighted by Gasteiger charge is 2.18. The highest BCUT2D eigenvalue weighted by Crippen LogP contribution is 2.26. The molecule has 2 nitrogen and oxygen atoms in total. The predicted octanol–water partition coefficient (Wildman–Crippen LogP) is 4.44. The summed E-state index contributed by atoms with van der Waals surface area (Å²) in [6.45, 7) is 5.22.